The van der Waals surface area contributed by atoms with Gasteiger partial charge in [-0.3, -0.25) is 13.9 Å². The second kappa shape index (κ2) is 12.4. The number of anilines is 1. The van der Waals surface area contributed by atoms with Crippen molar-refractivity contribution in [3.63, 3.8) is 0 Å². The molecule has 0 radical (unpaired) electrons. The van der Waals surface area contributed by atoms with E-state index in [1.807, 2.05) is 24.3 Å². The number of amides is 2. The van der Waals surface area contributed by atoms with E-state index in [1.165, 1.54) is 23.1 Å². The smallest absolute Gasteiger partial charge is 0.264 e. The number of nitrogens with zero attached hydrogens (tertiary/aromatic N) is 2. The third kappa shape index (κ3) is 6.87. The Kier molecular flexibility index (Phi) is 9.53. The van der Waals surface area contributed by atoms with Crippen molar-refractivity contribution in [2.45, 2.75) is 31.3 Å². The first-order valence-corrected chi connectivity index (χ1v) is 13.9. The molecule has 0 unspecified atom stereocenters. The van der Waals surface area contributed by atoms with E-state index in [1.54, 1.807) is 50.2 Å². The molecule has 1 N–H and O–H groups in total. The summed E-state index contributed by atoms with van der Waals surface area (Å²) in [4.78, 5) is 27.8. The molecule has 0 heterocycles. The first-order chi connectivity index (χ1) is 17.1. The molecule has 0 saturated carbocycles. The Morgan fingerprint density at radius 1 is 1.00 bits per heavy atom. The van der Waals surface area contributed by atoms with Gasteiger partial charge in [0.2, 0.25) is 11.8 Å². The van der Waals surface area contributed by atoms with Crippen LogP contribution in [0.4, 0.5) is 5.69 Å². The fraction of sp³-hybridized carbons (Fsp3) is 0.231. The Morgan fingerprint density at radius 2 is 1.67 bits per heavy atom. The Bertz CT molecular complexity index is 1300. The number of hydrogen-bond donors (Lipinski definition) is 1. The molecular formula is C26H27BrClN3O4S. The fourth-order valence-electron chi connectivity index (χ4n) is 3.57. The molecule has 0 bridgehead atoms. The molecular weight excluding hydrogens is 566 g/mol. The van der Waals surface area contributed by atoms with Crippen LogP contribution in [-0.2, 0) is 26.2 Å². The lowest BCUT2D eigenvalue weighted by Crippen LogP contribution is -2.51. The normalized spacial score (nSPS) is 12.0. The van der Waals surface area contributed by atoms with E-state index >= 15 is 0 Å². The number of rotatable bonds is 10. The molecule has 0 spiro atoms. The van der Waals surface area contributed by atoms with E-state index in [2.05, 4.69) is 21.2 Å². The van der Waals surface area contributed by atoms with Gasteiger partial charge in [-0.2, -0.15) is 0 Å². The van der Waals surface area contributed by atoms with Crippen molar-refractivity contribution in [1.82, 2.24) is 10.2 Å². The van der Waals surface area contributed by atoms with Crippen molar-refractivity contribution in [1.29, 1.82) is 0 Å². The summed E-state index contributed by atoms with van der Waals surface area (Å²) in [6.07, 6.45) is 0. The van der Waals surface area contributed by atoms with E-state index in [0.717, 1.165) is 14.3 Å². The zero-order chi connectivity index (χ0) is 26.3. The highest BCUT2D eigenvalue weighted by atomic mass is 79.9. The maximum Gasteiger partial charge on any atom is 0.264 e. The van der Waals surface area contributed by atoms with Crippen LogP contribution in [0.15, 0.2) is 88.2 Å². The number of benzene rings is 3. The van der Waals surface area contributed by atoms with Crippen molar-refractivity contribution < 1.29 is 18.0 Å². The second-order valence-electron chi connectivity index (χ2n) is 8.02. The van der Waals surface area contributed by atoms with E-state index in [0.29, 0.717) is 11.6 Å². The van der Waals surface area contributed by atoms with Crippen molar-refractivity contribution in [2.24, 2.45) is 0 Å². The quantitative estimate of drug-likeness (QED) is 0.365. The second-order valence-corrected chi connectivity index (χ2v) is 11.2. The Labute approximate surface area is 225 Å². The number of carbonyl (C=O) groups excluding carboxylic acids is 2. The average Bonchev–Trinajstić information content (AvgIpc) is 2.87. The maximum atomic E-state index is 13.7. The van der Waals surface area contributed by atoms with Gasteiger partial charge in [0.25, 0.3) is 10.0 Å². The van der Waals surface area contributed by atoms with E-state index in [-0.39, 0.29) is 23.0 Å². The third-order valence-corrected chi connectivity index (χ3v) is 8.04. The summed E-state index contributed by atoms with van der Waals surface area (Å²) < 4.78 is 29.2. The molecule has 0 aliphatic carbocycles. The van der Waals surface area contributed by atoms with Crippen LogP contribution in [-0.4, -0.2) is 44.3 Å². The summed E-state index contributed by atoms with van der Waals surface area (Å²) >= 11 is 9.55. The predicted octanol–water partition coefficient (Wildman–Crippen LogP) is 4.85. The van der Waals surface area contributed by atoms with Crippen LogP contribution in [0.5, 0.6) is 0 Å². The minimum Gasteiger partial charge on any atom is -0.355 e. The Balaban J connectivity index is 2.01. The fourth-order valence-corrected chi connectivity index (χ4v) is 5.45. The van der Waals surface area contributed by atoms with Gasteiger partial charge in [0.1, 0.15) is 12.6 Å². The summed E-state index contributed by atoms with van der Waals surface area (Å²) in [7, 11) is -4.11. The van der Waals surface area contributed by atoms with Gasteiger partial charge in [0, 0.05) is 22.6 Å². The summed E-state index contributed by atoms with van der Waals surface area (Å²) in [5.74, 6) is -0.862. The number of hydrogen-bond acceptors (Lipinski definition) is 4. The molecule has 7 nitrogen and oxygen atoms in total. The van der Waals surface area contributed by atoms with Crippen LogP contribution >= 0.6 is 27.5 Å². The van der Waals surface area contributed by atoms with Gasteiger partial charge in [-0.15, -0.1) is 0 Å². The van der Waals surface area contributed by atoms with Crippen molar-refractivity contribution in [2.75, 3.05) is 17.4 Å². The molecule has 3 aromatic rings. The van der Waals surface area contributed by atoms with Crippen molar-refractivity contribution >= 4 is 55.1 Å². The molecule has 0 aliphatic rings. The summed E-state index contributed by atoms with van der Waals surface area (Å²) in [5, 5.41) is 3.06. The van der Waals surface area contributed by atoms with E-state index < -0.39 is 28.5 Å². The summed E-state index contributed by atoms with van der Waals surface area (Å²) in [5.41, 5.74) is 1.04. The lowest BCUT2D eigenvalue weighted by atomic mass is 10.1. The molecule has 0 fully saturated rings. The Morgan fingerprint density at radius 3 is 2.28 bits per heavy atom. The van der Waals surface area contributed by atoms with Crippen LogP contribution in [0.1, 0.15) is 19.4 Å². The molecule has 3 aromatic carbocycles. The average molecular weight is 593 g/mol. The first kappa shape index (κ1) is 27.7. The van der Waals surface area contributed by atoms with Crippen LogP contribution in [0.3, 0.4) is 0 Å². The lowest BCUT2D eigenvalue weighted by Gasteiger charge is -2.32. The van der Waals surface area contributed by atoms with Crippen LogP contribution < -0.4 is 9.62 Å². The zero-order valence-electron chi connectivity index (χ0n) is 19.9. The number of sulfonamides is 1. The lowest BCUT2D eigenvalue weighted by molar-refractivity contribution is -0.139. The summed E-state index contributed by atoms with van der Waals surface area (Å²) in [6.45, 7) is 3.42. The monoisotopic (exact) mass is 591 g/mol. The van der Waals surface area contributed by atoms with Gasteiger partial charge in [0.15, 0.2) is 0 Å². The highest BCUT2D eigenvalue weighted by Gasteiger charge is 2.32. The Hall–Kier alpha value is -2.88. The van der Waals surface area contributed by atoms with Crippen molar-refractivity contribution in [3.05, 3.63) is 93.9 Å². The summed E-state index contributed by atoms with van der Waals surface area (Å²) in [6, 6.07) is 20.7. The molecule has 190 valence electrons. The molecule has 0 aromatic heterocycles. The first-order valence-electron chi connectivity index (χ1n) is 11.3. The molecule has 2 amide bonds. The number of nitrogens with one attached hydrogen (secondary N) is 1. The molecule has 1 atom stereocenters. The van der Waals surface area contributed by atoms with Crippen LogP contribution in [0, 0.1) is 0 Å². The van der Waals surface area contributed by atoms with Gasteiger partial charge in [0.05, 0.1) is 10.6 Å². The standard InChI is InChI=1S/C26H27BrClN3O4S/c1-3-29-26(33)19(2)30(17-20-12-14-21(27)15-13-20)25(32)18-31(23-9-7-8-22(28)16-23)36(34,35)24-10-5-4-6-11-24/h4-16,19H,3,17-18H2,1-2H3,(H,29,33)/t19-/m1/s1. The molecule has 36 heavy (non-hydrogen) atoms. The van der Waals surface area contributed by atoms with Gasteiger partial charge < -0.3 is 10.2 Å². The third-order valence-electron chi connectivity index (χ3n) is 5.49. The molecule has 0 saturated heterocycles. The van der Waals surface area contributed by atoms with Gasteiger partial charge in [-0.05, 0) is 61.9 Å². The van der Waals surface area contributed by atoms with Crippen LogP contribution in [0.2, 0.25) is 5.02 Å². The van der Waals surface area contributed by atoms with Gasteiger partial charge >= 0.3 is 0 Å². The minimum absolute atomic E-state index is 0.0361. The van der Waals surface area contributed by atoms with Gasteiger partial charge in [-0.1, -0.05) is 63.9 Å². The van der Waals surface area contributed by atoms with E-state index in [4.69, 9.17) is 11.6 Å². The topological polar surface area (TPSA) is 86.8 Å². The van der Waals surface area contributed by atoms with E-state index in [9.17, 15) is 18.0 Å². The highest BCUT2D eigenvalue weighted by molar-refractivity contribution is 9.10. The van der Waals surface area contributed by atoms with Gasteiger partial charge in [-0.25, -0.2) is 8.42 Å². The maximum absolute atomic E-state index is 13.7. The highest BCUT2D eigenvalue weighted by Crippen LogP contribution is 2.27. The number of halogens is 2. The van der Waals surface area contributed by atoms with Crippen LogP contribution in [0.25, 0.3) is 0 Å². The predicted molar refractivity (Wildman–Crippen MR) is 145 cm³/mol. The minimum atomic E-state index is -4.11. The molecule has 10 heteroatoms. The van der Waals surface area contributed by atoms with Crippen molar-refractivity contribution in [3.8, 4) is 0 Å². The molecule has 0 aliphatic heterocycles. The zero-order valence-corrected chi connectivity index (χ0v) is 23.1. The SMILES string of the molecule is CCNC(=O)[C@@H](C)N(Cc1ccc(Br)cc1)C(=O)CN(c1cccc(Cl)c1)S(=O)(=O)c1ccccc1. The number of carbonyl (C=O) groups is 2. The number of likely N-dealkylation sites (N-methyl/N-ethyl adjacent to an activating group) is 1. The largest absolute Gasteiger partial charge is 0.355 e. The molecule has 3 rings (SSSR count).